The molecule has 0 unspecified atom stereocenters. The van der Waals surface area contributed by atoms with E-state index in [1.54, 1.807) is 0 Å². The molecule has 0 saturated carbocycles. The number of carbonyl (C=O) groups excluding carboxylic acids is 1. The lowest BCUT2D eigenvalue weighted by Crippen LogP contribution is -2.37. The summed E-state index contributed by atoms with van der Waals surface area (Å²) < 4.78 is 0. The van der Waals surface area contributed by atoms with Gasteiger partial charge in [0.05, 0.1) is 0 Å². The van der Waals surface area contributed by atoms with Crippen LogP contribution in [-0.2, 0) is 0 Å². The van der Waals surface area contributed by atoms with Crippen molar-refractivity contribution in [1.82, 2.24) is 4.90 Å². The molecule has 1 fully saturated rings. The average Bonchev–Trinajstić information content (AvgIpc) is 2.46. The number of carbonyl (C=O) groups is 1. The van der Waals surface area contributed by atoms with Crippen LogP contribution in [0.2, 0.25) is 0 Å². The van der Waals surface area contributed by atoms with Crippen LogP contribution in [-0.4, -0.2) is 41.9 Å². The minimum atomic E-state index is 0.164. The monoisotopic (exact) mass is 264 g/mol. The van der Waals surface area contributed by atoms with Crippen LogP contribution >= 0.6 is 11.8 Å². The molecule has 1 N–H and O–H groups in total. The van der Waals surface area contributed by atoms with E-state index in [1.807, 2.05) is 40.9 Å². The number of nitrogens with zero attached hydrogens (tertiary/aromatic N) is 1. The summed E-state index contributed by atoms with van der Waals surface area (Å²) in [5.41, 5.74) is 1.88. The molecule has 3 nitrogen and oxygen atoms in total. The van der Waals surface area contributed by atoms with Crippen molar-refractivity contribution >= 4 is 23.4 Å². The van der Waals surface area contributed by atoms with E-state index in [-0.39, 0.29) is 5.91 Å². The van der Waals surface area contributed by atoms with E-state index in [0.29, 0.717) is 0 Å². The fourth-order valence-electron chi connectivity index (χ4n) is 1.95. The summed E-state index contributed by atoms with van der Waals surface area (Å²) in [6, 6.07) is 7.81. The maximum absolute atomic E-state index is 12.2. The Kier molecular flexibility index (Phi) is 4.93. The molecule has 1 saturated heterocycles. The standard InChI is InChI=1S/C14H20N2OS/c1-2-7-15-13-5-3-12(4-6-13)14(17)16-8-10-18-11-9-16/h3-6,15H,2,7-11H2,1H3. The Labute approximate surface area is 113 Å². The van der Waals surface area contributed by atoms with Gasteiger partial charge in [0, 0.05) is 42.4 Å². The summed E-state index contributed by atoms with van der Waals surface area (Å²) in [7, 11) is 0. The zero-order chi connectivity index (χ0) is 12.8. The third-order valence-corrected chi connectivity index (χ3v) is 3.95. The first-order chi connectivity index (χ1) is 8.81. The highest BCUT2D eigenvalue weighted by atomic mass is 32.2. The highest BCUT2D eigenvalue weighted by Crippen LogP contribution is 2.15. The minimum absolute atomic E-state index is 0.164. The fourth-order valence-corrected chi connectivity index (χ4v) is 2.85. The van der Waals surface area contributed by atoms with Gasteiger partial charge in [0.25, 0.3) is 5.91 Å². The molecule has 4 heteroatoms. The van der Waals surface area contributed by atoms with E-state index in [4.69, 9.17) is 0 Å². The van der Waals surface area contributed by atoms with Gasteiger partial charge in [-0.05, 0) is 30.7 Å². The highest BCUT2D eigenvalue weighted by molar-refractivity contribution is 7.99. The second kappa shape index (κ2) is 6.69. The SMILES string of the molecule is CCCNc1ccc(C(=O)N2CCSCC2)cc1. The molecule has 0 atom stereocenters. The molecule has 1 aromatic carbocycles. The first-order valence-electron chi connectivity index (χ1n) is 6.52. The van der Waals surface area contributed by atoms with Gasteiger partial charge in [-0.3, -0.25) is 4.79 Å². The predicted molar refractivity (Wildman–Crippen MR) is 78.5 cm³/mol. The Morgan fingerprint density at radius 2 is 1.94 bits per heavy atom. The molecule has 1 aliphatic rings. The predicted octanol–water partition coefficient (Wildman–Crippen LogP) is 2.70. The van der Waals surface area contributed by atoms with Crippen LogP contribution in [0.4, 0.5) is 5.69 Å². The molecule has 1 aliphatic heterocycles. The molecule has 0 aliphatic carbocycles. The van der Waals surface area contributed by atoms with Crippen LogP contribution in [0.5, 0.6) is 0 Å². The number of benzene rings is 1. The second-order valence-corrected chi connectivity index (χ2v) is 5.63. The Balaban J connectivity index is 1.97. The van der Waals surface area contributed by atoms with Crippen LogP contribution in [0, 0.1) is 0 Å². The number of thioether (sulfide) groups is 1. The van der Waals surface area contributed by atoms with Gasteiger partial charge >= 0.3 is 0 Å². The lowest BCUT2D eigenvalue weighted by molar-refractivity contribution is 0.0772. The first kappa shape index (κ1) is 13.3. The largest absolute Gasteiger partial charge is 0.385 e. The Hall–Kier alpha value is -1.16. The third-order valence-electron chi connectivity index (χ3n) is 3.01. The van der Waals surface area contributed by atoms with Gasteiger partial charge in [-0.15, -0.1) is 0 Å². The third kappa shape index (κ3) is 3.42. The van der Waals surface area contributed by atoms with Crippen LogP contribution in [0.15, 0.2) is 24.3 Å². The fraction of sp³-hybridized carbons (Fsp3) is 0.500. The minimum Gasteiger partial charge on any atom is -0.385 e. The van der Waals surface area contributed by atoms with Crippen molar-refractivity contribution in [3.63, 3.8) is 0 Å². The Morgan fingerprint density at radius 1 is 1.28 bits per heavy atom. The zero-order valence-electron chi connectivity index (χ0n) is 10.8. The van der Waals surface area contributed by atoms with Gasteiger partial charge in [0.2, 0.25) is 0 Å². The van der Waals surface area contributed by atoms with Crippen molar-refractivity contribution in [2.75, 3.05) is 36.5 Å². The molecule has 1 aromatic rings. The van der Waals surface area contributed by atoms with Gasteiger partial charge in [-0.25, -0.2) is 0 Å². The molecule has 0 spiro atoms. The van der Waals surface area contributed by atoms with Crippen LogP contribution in [0.3, 0.4) is 0 Å². The van der Waals surface area contributed by atoms with Gasteiger partial charge < -0.3 is 10.2 Å². The maximum Gasteiger partial charge on any atom is 0.253 e. The topological polar surface area (TPSA) is 32.3 Å². The molecule has 0 aromatic heterocycles. The molecule has 2 rings (SSSR count). The number of rotatable bonds is 4. The summed E-state index contributed by atoms with van der Waals surface area (Å²) >= 11 is 1.92. The quantitative estimate of drug-likeness (QED) is 0.907. The average molecular weight is 264 g/mol. The number of hydrogen-bond donors (Lipinski definition) is 1. The summed E-state index contributed by atoms with van der Waals surface area (Å²) in [5.74, 6) is 2.28. The number of amides is 1. The lowest BCUT2D eigenvalue weighted by Gasteiger charge is -2.26. The van der Waals surface area contributed by atoms with Crippen molar-refractivity contribution in [2.24, 2.45) is 0 Å². The smallest absolute Gasteiger partial charge is 0.253 e. The highest BCUT2D eigenvalue weighted by Gasteiger charge is 2.17. The van der Waals surface area contributed by atoms with Gasteiger partial charge in [0.1, 0.15) is 0 Å². The zero-order valence-corrected chi connectivity index (χ0v) is 11.6. The van der Waals surface area contributed by atoms with Gasteiger partial charge in [-0.1, -0.05) is 6.92 Å². The van der Waals surface area contributed by atoms with Crippen molar-refractivity contribution in [3.05, 3.63) is 29.8 Å². The van der Waals surface area contributed by atoms with E-state index < -0.39 is 0 Å². The number of nitrogens with one attached hydrogen (secondary N) is 1. The molecule has 1 amide bonds. The van der Waals surface area contributed by atoms with Crippen molar-refractivity contribution in [3.8, 4) is 0 Å². The summed E-state index contributed by atoms with van der Waals surface area (Å²) in [5, 5.41) is 3.31. The summed E-state index contributed by atoms with van der Waals surface area (Å²) in [6.45, 7) is 4.86. The van der Waals surface area contributed by atoms with Crippen LogP contribution < -0.4 is 5.32 Å². The molecule has 0 radical (unpaired) electrons. The van der Waals surface area contributed by atoms with E-state index in [1.165, 1.54) is 0 Å². The normalized spacial score (nSPS) is 15.5. The summed E-state index contributed by atoms with van der Waals surface area (Å²) in [4.78, 5) is 14.2. The van der Waals surface area contributed by atoms with Gasteiger partial charge in [0.15, 0.2) is 0 Å². The molecular formula is C14H20N2OS. The van der Waals surface area contributed by atoms with Crippen molar-refractivity contribution < 1.29 is 4.79 Å². The number of hydrogen-bond acceptors (Lipinski definition) is 3. The van der Waals surface area contributed by atoms with Crippen molar-refractivity contribution in [2.45, 2.75) is 13.3 Å². The van der Waals surface area contributed by atoms with E-state index in [2.05, 4.69) is 12.2 Å². The van der Waals surface area contributed by atoms with Crippen LogP contribution in [0.25, 0.3) is 0 Å². The lowest BCUT2D eigenvalue weighted by atomic mass is 10.1. The molecule has 18 heavy (non-hydrogen) atoms. The Morgan fingerprint density at radius 3 is 2.56 bits per heavy atom. The van der Waals surface area contributed by atoms with Crippen molar-refractivity contribution in [1.29, 1.82) is 0 Å². The summed E-state index contributed by atoms with van der Waals surface area (Å²) in [6.07, 6.45) is 1.10. The van der Waals surface area contributed by atoms with Crippen LogP contribution in [0.1, 0.15) is 23.7 Å². The molecular weight excluding hydrogens is 244 g/mol. The second-order valence-electron chi connectivity index (χ2n) is 4.41. The Bertz CT molecular complexity index is 385. The van der Waals surface area contributed by atoms with E-state index in [0.717, 1.165) is 48.8 Å². The maximum atomic E-state index is 12.2. The molecule has 0 bridgehead atoms. The molecule has 1 heterocycles. The van der Waals surface area contributed by atoms with Gasteiger partial charge in [-0.2, -0.15) is 11.8 Å². The number of anilines is 1. The molecule has 98 valence electrons. The first-order valence-corrected chi connectivity index (χ1v) is 7.67. The van der Waals surface area contributed by atoms with E-state index in [9.17, 15) is 4.79 Å². The van der Waals surface area contributed by atoms with E-state index >= 15 is 0 Å².